The number of hydrogen-bond acceptors (Lipinski definition) is 3. The van der Waals surface area contributed by atoms with Gasteiger partial charge in [0.2, 0.25) is 0 Å². The van der Waals surface area contributed by atoms with Gasteiger partial charge in [-0.3, -0.25) is 9.59 Å². The Kier molecular flexibility index (Phi) is 3.80. The van der Waals surface area contributed by atoms with Gasteiger partial charge in [-0.1, -0.05) is 26.0 Å². The largest absolute Gasteiger partial charge is 0.298 e. The Morgan fingerprint density at radius 3 is 2.53 bits per heavy atom. The van der Waals surface area contributed by atoms with Gasteiger partial charge in [0.25, 0.3) is 0 Å². The van der Waals surface area contributed by atoms with Crippen LogP contribution in [0.5, 0.6) is 0 Å². The number of hydrogen-bond donors (Lipinski definition) is 0. The fourth-order valence-corrected chi connectivity index (χ4v) is 1.90. The highest BCUT2D eigenvalue weighted by Crippen LogP contribution is 2.30. The van der Waals surface area contributed by atoms with E-state index >= 15 is 0 Å². The van der Waals surface area contributed by atoms with E-state index in [2.05, 4.69) is 0 Å². The molecule has 0 fully saturated rings. The monoisotopic (exact) mass is 229 g/mol. The Labute approximate surface area is 101 Å². The van der Waals surface area contributed by atoms with Gasteiger partial charge in [-0.05, 0) is 19.1 Å². The van der Waals surface area contributed by atoms with Gasteiger partial charge in [0, 0.05) is 17.1 Å². The molecule has 0 saturated carbocycles. The maximum absolute atomic E-state index is 12.2. The van der Waals surface area contributed by atoms with Crippen LogP contribution in [0.2, 0.25) is 0 Å². The van der Waals surface area contributed by atoms with E-state index in [1.54, 1.807) is 45.1 Å². The minimum atomic E-state index is -0.890. The minimum Gasteiger partial charge on any atom is -0.298 e. The summed E-state index contributed by atoms with van der Waals surface area (Å²) in [5, 5.41) is 8.94. The number of carbonyl (C=O) groups excluding carboxylic acids is 2. The van der Waals surface area contributed by atoms with Crippen LogP contribution in [0.1, 0.15) is 20.8 Å². The first kappa shape index (κ1) is 13.1. The second kappa shape index (κ2) is 4.92. The lowest BCUT2D eigenvalue weighted by atomic mass is 9.78. The number of aldehydes is 1. The Hall–Kier alpha value is -1.95. The van der Waals surface area contributed by atoms with Gasteiger partial charge in [-0.2, -0.15) is 5.26 Å². The lowest BCUT2D eigenvalue weighted by molar-refractivity contribution is -0.126. The molecule has 0 heterocycles. The molecule has 3 heteroatoms. The van der Waals surface area contributed by atoms with E-state index in [1.807, 2.05) is 6.07 Å². The van der Waals surface area contributed by atoms with E-state index in [4.69, 9.17) is 5.26 Å². The van der Waals surface area contributed by atoms with Gasteiger partial charge >= 0.3 is 0 Å². The number of allylic oxidation sites excluding steroid dienone is 6. The molecule has 0 aromatic heterocycles. The summed E-state index contributed by atoms with van der Waals surface area (Å²) < 4.78 is 0. The van der Waals surface area contributed by atoms with Crippen LogP contribution < -0.4 is 0 Å². The van der Waals surface area contributed by atoms with E-state index in [9.17, 15) is 9.59 Å². The number of ketones is 1. The predicted molar refractivity (Wildman–Crippen MR) is 64.9 cm³/mol. The van der Waals surface area contributed by atoms with Crippen LogP contribution in [0, 0.1) is 22.7 Å². The molecule has 0 saturated heterocycles. The van der Waals surface area contributed by atoms with E-state index in [0.717, 1.165) is 0 Å². The van der Waals surface area contributed by atoms with Crippen molar-refractivity contribution in [2.45, 2.75) is 20.8 Å². The smallest absolute Gasteiger partial charge is 0.149 e. The van der Waals surface area contributed by atoms with Crippen molar-refractivity contribution in [3.05, 3.63) is 35.5 Å². The van der Waals surface area contributed by atoms with E-state index < -0.39 is 5.41 Å². The summed E-state index contributed by atoms with van der Waals surface area (Å²) in [5.41, 5.74) is -0.0727. The second-order valence-corrected chi connectivity index (χ2v) is 4.61. The average molecular weight is 229 g/mol. The summed E-state index contributed by atoms with van der Waals surface area (Å²) in [6.07, 6.45) is 7.03. The molecule has 0 aliphatic heterocycles. The molecule has 0 N–H and O–H groups in total. The summed E-state index contributed by atoms with van der Waals surface area (Å²) >= 11 is 0. The topological polar surface area (TPSA) is 57.9 Å². The molecule has 17 heavy (non-hydrogen) atoms. The zero-order valence-electron chi connectivity index (χ0n) is 10.2. The first-order valence-corrected chi connectivity index (χ1v) is 5.46. The summed E-state index contributed by atoms with van der Waals surface area (Å²) in [6.45, 7) is 5.34. The van der Waals surface area contributed by atoms with Crippen LogP contribution in [0.3, 0.4) is 0 Å². The van der Waals surface area contributed by atoms with Crippen molar-refractivity contribution in [3.63, 3.8) is 0 Å². The number of nitrogens with zero attached hydrogens (tertiary/aromatic N) is 1. The Morgan fingerprint density at radius 1 is 1.41 bits per heavy atom. The van der Waals surface area contributed by atoms with Crippen molar-refractivity contribution in [2.24, 2.45) is 11.3 Å². The highest BCUT2D eigenvalue weighted by Gasteiger charge is 2.31. The highest BCUT2D eigenvalue weighted by molar-refractivity contribution is 5.92. The SMILES string of the molecule is CC(C)C(=O)C1(C)C=C(C#N)C=CC(C=O)=C1. The minimum absolute atomic E-state index is 0.00620. The highest BCUT2D eigenvalue weighted by atomic mass is 16.1. The Bertz CT molecular complexity index is 475. The maximum atomic E-state index is 12.2. The van der Waals surface area contributed by atoms with Crippen molar-refractivity contribution in [1.82, 2.24) is 0 Å². The quantitative estimate of drug-likeness (QED) is 0.698. The van der Waals surface area contributed by atoms with Gasteiger partial charge in [0.05, 0.1) is 11.5 Å². The summed E-state index contributed by atoms with van der Waals surface area (Å²) in [6, 6.07) is 2.01. The van der Waals surface area contributed by atoms with Crippen LogP contribution in [-0.2, 0) is 9.59 Å². The number of rotatable bonds is 3. The van der Waals surface area contributed by atoms with Gasteiger partial charge in [0.15, 0.2) is 0 Å². The van der Waals surface area contributed by atoms with Gasteiger partial charge in [-0.25, -0.2) is 0 Å². The molecule has 88 valence electrons. The first-order chi connectivity index (χ1) is 7.92. The number of Topliss-reactive ketones (excluding diaryl/α,β-unsaturated/α-hetero) is 1. The predicted octanol–water partition coefficient (Wildman–Crippen LogP) is 2.36. The summed E-state index contributed by atoms with van der Waals surface area (Å²) in [4.78, 5) is 23.0. The fraction of sp³-hybridized carbons (Fsp3) is 0.357. The van der Waals surface area contributed by atoms with E-state index in [0.29, 0.717) is 17.4 Å². The van der Waals surface area contributed by atoms with Crippen molar-refractivity contribution in [2.75, 3.05) is 0 Å². The molecule has 0 bridgehead atoms. The normalized spacial score (nSPS) is 23.5. The maximum Gasteiger partial charge on any atom is 0.149 e. The second-order valence-electron chi connectivity index (χ2n) is 4.61. The lowest BCUT2D eigenvalue weighted by Gasteiger charge is -2.22. The molecule has 1 aliphatic carbocycles. The van der Waals surface area contributed by atoms with Crippen LogP contribution in [0.25, 0.3) is 0 Å². The first-order valence-electron chi connectivity index (χ1n) is 5.46. The number of nitriles is 1. The molecular weight excluding hydrogens is 214 g/mol. The van der Waals surface area contributed by atoms with Gasteiger partial charge in [-0.15, -0.1) is 0 Å². The third-order valence-corrected chi connectivity index (χ3v) is 2.70. The molecule has 0 amide bonds. The van der Waals surface area contributed by atoms with Crippen molar-refractivity contribution in [3.8, 4) is 6.07 Å². The molecule has 1 aliphatic rings. The molecule has 1 rings (SSSR count). The van der Waals surface area contributed by atoms with Crippen molar-refractivity contribution in [1.29, 1.82) is 5.26 Å². The summed E-state index contributed by atoms with van der Waals surface area (Å²) in [5.74, 6) is -0.160. The average Bonchev–Trinajstić information content (AvgIpc) is 2.47. The summed E-state index contributed by atoms with van der Waals surface area (Å²) in [7, 11) is 0. The third-order valence-electron chi connectivity index (χ3n) is 2.70. The molecule has 0 aromatic carbocycles. The molecule has 0 radical (unpaired) electrons. The Balaban J connectivity index is 3.33. The van der Waals surface area contributed by atoms with Crippen LogP contribution in [0.4, 0.5) is 0 Å². The van der Waals surface area contributed by atoms with Crippen molar-refractivity contribution < 1.29 is 9.59 Å². The molecule has 1 atom stereocenters. The zero-order valence-corrected chi connectivity index (χ0v) is 10.2. The molecular formula is C14H15NO2. The molecule has 3 nitrogen and oxygen atoms in total. The molecule has 0 spiro atoms. The van der Waals surface area contributed by atoms with Crippen LogP contribution >= 0.6 is 0 Å². The zero-order chi connectivity index (χ0) is 13.1. The lowest BCUT2D eigenvalue weighted by Crippen LogP contribution is -2.28. The van der Waals surface area contributed by atoms with Crippen molar-refractivity contribution >= 4 is 12.1 Å². The number of carbonyl (C=O) groups is 2. The molecule has 1 unspecified atom stereocenters. The standard InChI is InChI=1S/C14H15NO2/c1-10(2)13(17)14(3)6-11(8-15)4-5-12(7-14)9-16/h4-7,9-10H,1-3H3. The van der Waals surface area contributed by atoms with Gasteiger partial charge in [0.1, 0.15) is 12.1 Å². The van der Waals surface area contributed by atoms with Crippen LogP contribution in [-0.4, -0.2) is 12.1 Å². The van der Waals surface area contributed by atoms with Crippen LogP contribution in [0.15, 0.2) is 35.5 Å². The Morgan fingerprint density at radius 2 is 2.06 bits per heavy atom. The third kappa shape index (κ3) is 2.79. The van der Waals surface area contributed by atoms with E-state index in [-0.39, 0.29) is 11.7 Å². The van der Waals surface area contributed by atoms with Gasteiger partial charge < -0.3 is 0 Å². The fourth-order valence-electron chi connectivity index (χ4n) is 1.90. The van der Waals surface area contributed by atoms with E-state index in [1.165, 1.54) is 0 Å². The molecule has 0 aromatic rings.